The van der Waals surface area contributed by atoms with Gasteiger partial charge in [-0.25, -0.2) is 4.98 Å². The smallest absolute Gasteiger partial charge is 0.138 e. The lowest BCUT2D eigenvalue weighted by molar-refractivity contribution is 1.18. The minimum Gasteiger partial charge on any atom is -0.307 e. The van der Waals surface area contributed by atoms with Crippen LogP contribution < -0.4 is 0 Å². The molecule has 2 nitrogen and oxygen atoms in total. The van der Waals surface area contributed by atoms with Gasteiger partial charge in [0.05, 0.1) is 11.6 Å². The van der Waals surface area contributed by atoms with Crippen LogP contribution in [0, 0.1) is 0 Å². The van der Waals surface area contributed by atoms with Crippen molar-refractivity contribution in [1.82, 2.24) is 9.38 Å². The number of nitrogens with zero attached hydrogens (tertiary/aromatic N) is 2. The summed E-state index contributed by atoms with van der Waals surface area (Å²) in [5, 5.41) is 0. The van der Waals surface area contributed by atoms with Crippen LogP contribution in [0.5, 0.6) is 0 Å². The molecule has 2 rings (SSSR count). The number of aromatic nitrogens is 2. The van der Waals surface area contributed by atoms with Crippen molar-refractivity contribution in [1.29, 1.82) is 0 Å². The highest BCUT2D eigenvalue weighted by molar-refractivity contribution is 9.10. The molecule has 0 saturated carbocycles. The van der Waals surface area contributed by atoms with Crippen molar-refractivity contribution in [2.75, 3.05) is 0 Å². The number of rotatable bonds is 1. The molecule has 0 aliphatic carbocycles. The molecule has 2 heterocycles. The van der Waals surface area contributed by atoms with Gasteiger partial charge in [0.1, 0.15) is 5.65 Å². The Labute approximate surface area is 95.5 Å². The van der Waals surface area contributed by atoms with Crippen LogP contribution in [0.2, 0.25) is 0 Å². The third-order valence-corrected chi connectivity index (χ3v) is 2.38. The highest BCUT2D eigenvalue weighted by Gasteiger charge is 1.99. The Kier molecular flexibility index (Phi) is 3.59. The van der Waals surface area contributed by atoms with E-state index in [0.717, 1.165) is 15.8 Å². The first-order chi connectivity index (χ1) is 5.79. The molecule has 0 spiro atoms. The average Bonchev–Trinajstić information content (AvgIpc) is 2.46. The Hall–Kier alpha value is -0.250. The monoisotopic (exact) mass is 280 g/mol. The second-order valence-electron chi connectivity index (χ2n) is 2.48. The van der Waals surface area contributed by atoms with Crippen LogP contribution in [0.4, 0.5) is 0 Å². The van der Waals surface area contributed by atoms with Gasteiger partial charge in [-0.1, -0.05) is 15.9 Å². The molecular weight excluding hydrogens is 275 g/mol. The highest BCUT2D eigenvalue weighted by atomic mass is 79.9. The summed E-state index contributed by atoms with van der Waals surface area (Å²) in [6.45, 7) is 0. The molecule has 0 N–H and O–H groups in total. The van der Waals surface area contributed by atoms with Crippen LogP contribution in [0.25, 0.3) is 5.65 Å². The van der Waals surface area contributed by atoms with E-state index in [1.807, 2.05) is 28.9 Å². The third kappa shape index (κ3) is 2.16. The summed E-state index contributed by atoms with van der Waals surface area (Å²) < 4.78 is 2.98. The molecule has 0 saturated heterocycles. The molecule has 5 heteroatoms. The second kappa shape index (κ2) is 4.31. The summed E-state index contributed by atoms with van der Waals surface area (Å²) in [5.74, 6) is 0.458. The lowest BCUT2D eigenvalue weighted by Crippen LogP contribution is -1.79. The maximum atomic E-state index is 5.65. The van der Waals surface area contributed by atoms with Crippen molar-refractivity contribution in [2.45, 2.75) is 5.88 Å². The molecule has 2 aromatic rings. The van der Waals surface area contributed by atoms with E-state index in [1.54, 1.807) is 0 Å². The van der Waals surface area contributed by atoms with Crippen LogP contribution >= 0.6 is 39.9 Å². The van der Waals surface area contributed by atoms with Gasteiger partial charge in [0.15, 0.2) is 0 Å². The predicted molar refractivity (Wildman–Crippen MR) is 59.7 cm³/mol. The SMILES string of the molecule is Cl.ClCc1cn2ccc(Br)cc2n1. The van der Waals surface area contributed by atoms with Gasteiger partial charge >= 0.3 is 0 Å². The number of imidazole rings is 1. The summed E-state index contributed by atoms with van der Waals surface area (Å²) in [7, 11) is 0. The van der Waals surface area contributed by atoms with E-state index in [-0.39, 0.29) is 12.4 Å². The Morgan fingerprint density at radius 2 is 2.31 bits per heavy atom. The van der Waals surface area contributed by atoms with Gasteiger partial charge in [-0.2, -0.15) is 0 Å². The summed E-state index contributed by atoms with van der Waals surface area (Å²) in [5.41, 5.74) is 1.81. The molecule has 0 aromatic carbocycles. The molecule has 0 unspecified atom stereocenters. The van der Waals surface area contributed by atoms with Crippen LogP contribution in [-0.4, -0.2) is 9.38 Å². The first-order valence-electron chi connectivity index (χ1n) is 3.49. The Morgan fingerprint density at radius 3 is 3.00 bits per heavy atom. The van der Waals surface area contributed by atoms with Crippen molar-refractivity contribution in [3.63, 3.8) is 0 Å². The predicted octanol–water partition coefficient (Wildman–Crippen LogP) is 3.26. The van der Waals surface area contributed by atoms with Gasteiger partial charge in [-0.3, -0.25) is 0 Å². The summed E-state index contributed by atoms with van der Waals surface area (Å²) >= 11 is 9.03. The van der Waals surface area contributed by atoms with E-state index >= 15 is 0 Å². The fourth-order valence-corrected chi connectivity index (χ4v) is 1.53. The van der Waals surface area contributed by atoms with E-state index in [1.165, 1.54) is 0 Å². The van der Waals surface area contributed by atoms with Gasteiger partial charge in [0, 0.05) is 16.9 Å². The van der Waals surface area contributed by atoms with Crippen LogP contribution in [0.1, 0.15) is 5.69 Å². The molecule has 0 amide bonds. The summed E-state index contributed by atoms with van der Waals surface area (Å²) in [4.78, 5) is 4.29. The maximum absolute atomic E-state index is 5.65. The molecule has 0 fully saturated rings. The quantitative estimate of drug-likeness (QED) is 0.734. The van der Waals surface area contributed by atoms with E-state index in [0.29, 0.717) is 5.88 Å². The number of hydrogen-bond donors (Lipinski definition) is 0. The molecule has 0 atom stereocenters. The third-order valence-electron chi connectivity index (χ3n) is 1.61. The van der Waals surface area contributed by atoms with E-state index in [9.17, 15) is 0 Å². The topological polar surface area (TPSA) is 17.3 Å². The van der Waals surface area contributed by atoms with Crippen LogP contribution in [0.15, 0.2) is 29.0 Å². The zero-order chi connectivity index (χ0) is 8.55. The molecule has 0 bridgehead atoms. The Bertz CT molecular complexity index is 413. The Morgan fingerprint density at radius 1 is 1.54 bits per heavy atom. The Balaban J connectivity index is 0.000000845. The first kappa shape index (κ1) is 10.8. The van der Waals surface area contributed by atoms with E-state index in [4.69, 9.17) is 11.6 Å². The highest BCUT2D eigenvalue weighted by Crippen LogP contribution is 2.13. The standard InChI is InChI=1S/C8H6BrClN2.ClH/c9-6-1-2-12-5-7(4-10)11-8(12)3-6;/h1-3,5H,4H2;1H. The fourth-order valence-electron chi connectivity index (χ4n) is 1.07. The van der Waals surface area contributed by atoms with Crippen molar-refractivity contribution in [3.8, 4) is 0 Å². The zero-order valence-corrected chi connectivity index (χ0v) is 9.73. The average molecular weight is 282 g/mol. The maximum Gasteiger partial charge on any atom is 0.138 e. The van der Waals surface area contributed by atoms with Gasteiger partial charge in [-0.05, 0) is 12.1 Å². The van der Waals surface area contributed by atoms with Gasteiger partial charge < -0.3 is 4.40 Å². The summed E-state index contributed by atoms with van der Waals surface area (Å²) in [6.07, 6.45) is 3.87. The van der Waals surface area contributed by atoms with E-state index in [2.05, 4.69) is 20.9 Å². The van der Waals surface area contributed by atoms with E-state index < -0.39 is 0 Å². The van der Waals surface area contributed by atoms with Crippen molar-refractivity contribution >= 4 is 45.6 Å². The molecule has 0 aliphatic heterocycles. The molecule has 2 aromatic heterocycles. The normalized spacial score (nSPS) is 10.0. The number of halogens is 3. The molecule has 70 valence electrons. The number of pyridine rings is 1. The number of hydrogen-bond acceptors (Lipinski definition) is 1. The summed E-state index contributed by atoms with van der Waals surface area (Å²) in [6, 6.07) is 3.92. The largest absolute Gasteiger partial charge is 0.307 e. The number of alkyl halides is 1. The van der Waals surface area contributed by atoms with Gasteiger partial charge in [0.25, 0.3) is 0 Å². The lowest BCUT2D eigenvalue weighted by Gasteiger charge is -1.91. The van der Waals surface area contributed by atoms with Gasteiger partial charge in [-0.15, -0.1) is 24.0 Å². The number of fused-ring (bicyclic) bond motifs is 1. The molecule has 0 aliphatic rings. The lowest BCUT2D eigenvalue weighted by atomic mass is 10.5. The zero-order valence-electron chi connectivity index (χ0n) is 6.58. The fraction of sp³-hybridized carbons (Fsp3) is 0.125. The minimum absolute atomic E-state index is 0. The van der Waals surface area contributed by atoms with Crippen molar-refractivity contribution in [2.24, 2.45) is 0 Å². The van der Waals surface area contributed by atoms with Crippen molar-refractivity contribution in [3.05, 3.63) is 34.7 Å². The van der Waals surface area contributed by atoms with Crippen LogP contribution in [-0.2, 0) is 5.88 Å². The van der Waals surface area contributed by atoms with Crippen LogP contribution in [0.3, 0.4) is 0 Å². The van der Waals surface area contributed by atoms with Crippen molar-refractivity contribution < 1.29 is 0 Å². The molecule has 13 heavy (non-hydrogen) atoms. The minimum atomic E-state index is 0. The second-order valence-corrected chi connectivity index (χ2v) is 3.66. The molecule has 0 radical (unpaired) electrons. The molecular formula is C8H7BrCl2N2. The van der Waals surface area contributed by atoms with Gasteiger partial charge in [0.2, 0.25) is 0 Å². The first-order valence-corrected chi connectivity index (χ1v) is 4.81.